The summed E-state index contributed by atoms with van der Waals surface area (Å²) in [6.07, 6.45) is 10.8. The maximum absolute atomic E-state index is 13.9. The Labute approximate surface area is 205 Å². The Bertz CT molecular complexity index is 958. The van der Waals surface area contributed by atoms with E-state index in [0.717, 1.165) is 24.0 Å². The van der Waals surface area contributed by atoms with Gasteiger partial charge in [-0.1, -0.05) is 54.4 Å². The van der Waals surface area contributed by atoms with Crippen LogP contribution in [-0.2, 0) is 9.59 Å². The van der Waals surface area contributed by atoms with E-state index in [4.69, 9.17) is 0 Å². The maximum Gasteiger partial charge on any atom is 0.187 e. The molecule has 4 nitrogen and oxygen atoms in total. The lowest BCUT2D eigenvalue weighted by molar-refractivity contribution is -0.198. The molecule has 4 rings (SSSR count). The number of ketones is 2. The fourth-order valence-electron chi connectivity index (χ4n) is 6.89. The molecule has 0 heterocycles. The summed E-state index contributed by atoms with van der Waals surface area (Å²) >= 11 is 0. The van der Waals surface area contributed by atoms with Crippen LogP contribution < -0.4 is 0 Å². The molecule has 8 atom stereocenters. The molecular formula is C30H44O4. The molecule has 0 radical (unpaired) electrons. The van der Waals surface area contributed by atoms with Gasteiger partial charge in [0.05, 0.1) is 0 Å². The topological polar surface area (TPSA) is 74.6 Å². The Morgan fingerprint density at radius 2 is 1.41 bits per heavy atom. The summed E-state index contributed by atoms with van der Waals surface area (Å²) in [4.78, 5) is 27.3. The van der Waals surface area contributed by atoms with Gasteiger partial charge in [0.15, 0.2) is 11.6 Å². The molecule has 0 aliphatic heterocycles. The van der Waals surface area contributed by atoms with Crippen molar-refractivity contribution in [2.45, 2.75) is 92.3 Å². The number of hydrogen-bond acceptors (Lipinski definition) is 4. The molecule has 0 aromatic rings. The third-order valence-electron chi connectivity index (χ3n) is 8.85. The van der Waals surface area contributed by atoms with E-state index in [0.29, 0.717) is 12.8 Å². The van der Waals surface area contributed by atoms with Gasteiger partial charge in [0.1, 0.15) is 11.2 Å². The third kappa shape index (κ3) is 4.22. The molecule has 188 valence electrons. The van der Waals surface area contributed by atoms with Crippen LogP contribution in [0.15, 0.2) is 46.6 Å². The number of allylic oxidation sites excluding steroid dienone is 6. The highest BCUT2D eigenvalue weighted by Gasteiger charge is 2.69. The molecule has 34 heavy (non-hydrogen) atoms. The molecule has 0 unspecified atom stereocenters. The van der Waals surface area contributed by atoms with E-state index < -0.39 is 29.0 Å². The SMILES string of the molecule is CC(C)=CCC[C@@H](C)[C@@]1(O)C(=O)C=C(C)[C@@H]2[C@H]3C(=O)[C@](O)([C@H](C)CCC=C(C)C)[C@H](C=C3C)[C@@H]21. The lowest BCUT2D eigenvalue weighted by atomic mass is 9.43. The molecule has 4 aliphatic rings. The van der Waals surface area contributed by atoms with E-state index in [1.165, 1.54) is 11.1 Å². The van der Waals surface area contributed by atoms with Crippen molar-refractivity contribution in [3.05, 3.63) is 46.6 Å². The van der Waals surface area contributed by atoms with Crippen molar-refractivity contribution in [3.8, 4) is 0 Å². The van der Waals surface area contributed by atoms with Crippen LogP contribution in [0, 0.1) is 35.5 Å². The third-order valence-corrected chi connectivity index (χ3v) is 8.85. The monoisotopic (exact) mass is 468 g/mol. The molecule has 4 heteroatoms. The molecule has 0 amide bonds. The Kier molecular flexibility index (Phi) is 7.65. The van der Waals surface area contributed by atoms with Crippen molar-refractivity contribution in [1.29, 1.82) is 0 Å². The molecule has 0 spiro atoms. The Morgan fingerprint density at radius 3 is 1.91 bits per heavy atom. The van der Waals surface area contributed by atoms with Crippen LogP contribution in [-0.4, -0.2) is 33.0 Å². The van der Waals surface area contributed by atoms with Gasteiger partial charge in [0.25, 0.3) is 0 Å². The Hall–Kier alpha value is -1.78. The van der Waals surface area contributed by atoms with Crippen molar-refractivity contribution in [2.24, 2.45) is 35.5 Å². The number of fused-ring (bicyclic) bond motifs is 1. The minimum Gasteiger partial charge on any atom is -0.381 e. The molecule has 2 bridgehead atoms. The smallest absolute Gasteiger partial charge is 0.187 e. The van der Waals surface area contributed by atoms with Crippen molar-refractivity contribution >= 4 is 11.6 Å². The van der Waals surface area contributed by atoms with E-state index in [2.05, 4.69) is 12.2 Å². The Balaban J connectivity index is 2.07. The summed E-state index contributed by atoms with van der Waals surface area (Å²) in [6.45, 7) is 15.9. The number of hydrogen-bond donors (Lipinski definition) is 2. The van der Waals surface area contributed by atoms with Crippen molar-refractivity contribution in [2.75, 3.05) is 0 Å². The largest absolute Gasteiger partial charge is 0.381 e. The average Bonchev–Trinajstić information content (AvgIpc) is 2.74. The van der Waals surface area contributed by atoms with E-state index in [9.17, 15) is 19.8 Å². The molecule has 1 fully saturated rings. The molecule has 4 aliphatic carbocycles. The lowest BCUT2D eigenvalue weighted by Crippen LogP contribution is -2.71. The molecule has 0 saturated heterocycles. The van der Waals surface area contributed by atoms with Crippen LogP contribution in [0.5, 0.6) is 0 Å². The van der Waals surface area contributed by atoms with E-state index in [1.54, 1.807) is 6.08 Å². The zero-order valence-corrected chi connectivity index (χ0v) is 22.3. The molecule has 1 saturated carbocycles. The first-order valence-corrected chi connectivity index (χ1v) is 12.9. The normalized spacial score (nSPS) is 36.3. The molecule has 0 aromatic heterocycles. The number of carbonyl (C=O) groups excluding carboxylic acids is 2. The lowest BCUT2D eigenvalue weighted by Gasteiger charge is -2.61. The number of Topliss-reactive ketones (excluding diaryl/α,β-unsaturated/α-hetero) is 1. The van der Waals surface area contributed by atoms with E-state index in [1.807, 2.05) is 61.5 Å². The van der Waals surface area contributed by atoms with Crippen LogP contribution in [0.1, 0.15) is 81.1 Å². The van der Waals surface area contributed by atoms with E-state index in [-0.39, 0.29) is 29.3 Å². The highest BCUT2D eigenvalue weighted by atomic mass is 16.3. The van der Waals surface area contributed by atoms with Gasteiger partial charge in [-0.25, -0.2) is 0 Å². The summed E-state index contributed by atoms with van der Waals surface area (Å²) in [5.41, 5.74) is 1.05. The van der Waals surface area contributed by atoms with Crippen LogP contribution >= 0.6 is 0 Å². The summed E-state index contributed by atoms with van der Waals surface area (Å²) in [5.74, 6) is -2.81. The van der Waals surface area contributed by atoms with Gasteiger partial charge in [-0.05, 0) is 85.1 Å². The first kappa shape index (κ1) is 26.8. The fourth-order valence-corrected chi connectivity index (χ4v) is 6.89. The summed E-state index contributed by atoms with van der Waals surface area (Å²) in [5, 5.41) is 24.3. The van der Waals surface area contributed by atoms with E-state index >= 15 is 0 Å². The zero-order valence-electron chi connectivity index (χ0n) is 22.3. The first-order valence-electron chi connectivity index (χ1n) is 12.9. The van der Waals surface area contributed by atoms with Gasteiger partial charge in [-0.2, -0.15) is 0 Å². The predicted octanol–water partition coefficient (Wildman–Crippen LogP) is 5.75. The standard InChI is InChI=1S/C30H44O4/c1-17(2)11-9-13-21(7)29(33)23-15-19(5)26(28(29)32)25-20(6)16-24(31)30(34,27(23)25)22(8)14-10-12-18(3)4/h11-12,15-16,21-23,25-27,33-34H,9-10,13-14H2,1-8H3/t21-,22-,23-,25-,26+,27+,29+,30-/m1/s1. The summed E-state index contributed by atoms with van der Waals surface area (Å²) in [6, 6.07) is 0. The predicted molar refractivity (Wildman–Crippen MR) is 137 cm³/mol. The highest BCUT2D eigenvalue weighted by molar-refractivity contribution is 6.02. The second-order valence-corrected chi connectivity index (χ2v) is 11.8. The van der Waals surface area contributed by atoms with Gasteiger partial charge in [0.2, 0.25) is 0 Å². The van der Waals surface area contributed by atoms with Crippen molar-refractivity contribution in [1.82, 2.24) is 0 Å². The number of carbonyl (C=O) groups is 2. The van der Waals surface area contributed by atoms with Gasteiger partial charge >= 0.3 is 0 Å². The number of aliphatic hydroxyl groups is 2. The van der Waals surface area contributed by atoms with Crippen LogP contribution in [0.4, 0.5) is 0 Å². The zero-order chi connectivity index (χ0) is 25.6. The van der Waals surface area contributed by atoms with Gasteiger partial charge < -0.3 is 10.2 Å². The van der Waals surface area contributed by atoms with Gasteiger partial charge in [-0.15, -0.1) is 0 Å². The van der Waals surface area contributed by atoms with Crippen molar-refractivity contribution < 1.29 is 19.8 Å². The Morgan fingerprint density at radius 1 is 0.912 bits per heavy atom. The maximum atomic E-state index is 13.9. The van der Waals surface area contributed by atoms with Crippen LogP contribution in [0.25, 0.3) is 0 Å². The summed E-state index contributed by atoms with van der Waals surface area (Å²) < 4.78 is 0. The quantitative estimate of drug-likeness (QED) is 0.445. The second-order valence-electron chi connectivity index (χ2n) is 11.8. The van der Waals surface area contributed by atoms with Crippen LogP contribution in [0.2, 0.25) is 0 Å². The molecule has 2 N–H and O–H groups in total. The minimum absolute atomic E-state index is 0.134. The molecular weight excluding hydrogens is 424 g/mol. The van der Waals surface area contributed by atoms with Gasteiger partial charge in [0, 0.05) is 23.7 Å². The second kappa shape index (κ2) is 9.70. The average molecular weight is 469 g/mol. The summed E-state index contributed by atoms with van der Waals surface area (Å²) in [7, 11) is 0. The van der Waals surface area contributed by atoms with Gasteiger partial charge in [-0.3, -0.25) is 9.59 Å². The molecule has 0 aromatic carbocycles. The highest BCUT2D eigenvalue weighted by Crippen LogP contribution is 2.61. The van der Waals surface area contributed by atoms with Crippen LogP contribution in [0.3, 0.4) is 0 Å². The fraction of sp³-hybridized carbons (Fsp3) is 0.667. The van der Waals surface area contributed by atoms with Crippen molar-refractivity contribution in [3.63, 3.8) is 0 Å². The minimum atomic E-state index is -1.60. The first-order chi connectivity index (χ1) is 15.8. The number of rotatable bonds is 8.